The number of tetrazole rings is 1. The van der Waals surface area contributed by atoms with Crippen molar-refractivity contribution in [2.75, 3.05) is 20.3 Å². The van der Waals surface area contributed by atoms with Crippen molar-refractivity contribution in [3.63, 3.8) is 0 Å². The van der Waals surface area contributed by atoms with Gasteiger partial charge in [0, 0.05) is 32.0 Å². The summed E-state index contributed by atoms with van der Waals surface area (Å²) >= 11 is 0. The van der Waals surface area contributed by atoms with E-state index in [9.17, 15) is 0 Å². The fraction of sp³-hybridized carbons (Fsp3) is 0.484. The van der Waals surface area contributed by atoms with Gasteiger partial charge in [0.2, 0.25) is 0 Å². The molecule has 2 aromatic carbocycles. The van der Waals surface area contributed by atoms with E-state index in [1.54, 1.807) is 7.11 Å². The van der Waals surface area contributed by atoms with Crippen LogP contribution >= 0.6 is 0 Å². The van der Waals surface area contributed by atoms with Gasteiger partial charge in [0.15, 0.2) is 11.7 Å². The lowest BCUT2D eigenvalue weighted by molar-refractivity contribution is -0.00132. The highest BCUT2D eigenvalue weighted by Crippen LogP contribution is 2.36. The highest BCUT2D eigenvalue weighted by atomic mass is 16.5. The summed E-state index contributed by atoms with van der Waals surface area (Å²) < 4.78 is 5.79. The van der Waals surface area contributed by atoms with Crippen LogP contribution in [0.1, 0.15) is 53.5 Å². The third-order valence-electron chi connectivity index (χ3n) is 7.40. The van der Waals surface area contributed by atoms with Crippen molar-refractivity contribution in [1.82, 2.24) is 35.3 Å². The molecule has 9 heteroatoms. The standard InChI is InChI=1S/C31H42N8O/c1-21(2)17-37-19-27-30(39(20-37)22(3)40-7)32-28(16-31(4,5)6)38(27)18-23-12-14-24(15-13-23)25-10-8-9-11-26(25)29-33-35-36-34-29/h8-15,19,21-22,28H,16-18,20H2,1-7H3,(H,33,34,35,36). The summed E-state index contributed by atoms with van der Waals surface area (Å²) in [4.78, 5) is 12.5. The maximum Gasteiger partial charge on any atom is 0.180 e. The number of H-pyrrole nitrogens is 1. The summed E-state index contributed by atoms with van der Waals surface area (Å²) in [5.41, 5.74) is 5.75. The van der Waals surface area contributed by atoms with Crippen LogP contribution in [-0.2, 0) is 11.3 Å². The number of nitrogens with one attached hydrogen (secondary N) is 1. The summed E-state index contributed by atoms with van der Waals surface area (Å²) in [7, 11) is 1.77. The van der Waals surface area contributed by atoms with E-state index in [2.05, 4.69) is 113 Å². The predicted molar refractivity (Wildman–Crippen MR) is 159 cm³/mol. The minimum Gasteiger partial charge on any atom is -0.362 e. The average Bonchev–Trinajstić information content (AvgIpc) is 3.56. The van der Waals surface area contributed by atoms with Crippen molar-refractivity contribution in [1.29, 1.82) is 0 Å². The molecular formula is C31H42N8O. The molecule has 2 atom stereocenters. The quantitative estimate of drug-likeness (QED) is 0.378. The molecule has 0 spiro atoms. The second-order valence-electron chi connectivity index (χ2n) is 12.4. The fourth-order valence-corrected chi connectivity index (χ4v) is 5.48. The number of ether oxygens (including phenoxy) is 1. The molecule has 1 N–H and O–H groups in total. The van der Waals surface area contributed by atoms with Gasteiger partial charge in [-0.05, 0) is 51.8 Å². The van der Waals surface area contributed by atoms with Gasteiger partial charge >= 0.3 is 0 Å². The van der Waals surface area contributed by atoms with Gasteiger partial charge < -0.3 is 19.4 Å². The van der Waals surface area contributed by atoms with E-state index in [1.165, 1.54) is 11.3 Å². The number of aliphatic imine (C=N–C) groups is 1. The van der Waals surface area contributed by atoms with E-state index >= 15 is 0 Å². The van der Waals surface area contributed by atoms with Gasteiger partial charge in [-0.15, -0.1) is 5.10 Å². The van der Waals surface area contributed by atoms with Crippen molar-refractivity contribution >= 4 is 5.84 Å². The molecule has 0 saturated carbocycles. The van der Waals surface area contributed by atoms with Gasteiger partial charge in [-0.3, -0.25) is 0 Å². The monoisotopic (exact) mass is 542 g/mol. The van der Waals surface area contributed by atoms with Crippen LogP contribution in [0.4, 0.5) is 0 Å². The van der Waals surface area contributed by atoms with E-state index in [1.807, 2.05) is 18.2 Å². The van der Waals surface area contributed by atoms with Crippen molar-refractivity contribution < 1.29 is 4.74 Å². The number of fused-ring (bicyclic) bond motifs is 1. The maximum absolute atomic E-state index is 5.79. The zero-order chi connectivity index (χ0) is 28.4. The molecule has 2 unspecified atom stereocenters. The highest BCUT2D eigenvalue weighted by molar-refractivity contribution is 6.00. The number of nitrogens with zero attached hydrogens (tertiary/aromatic N) is 7. The minimum absolute atomic E-state index is 0.0613. The van der Waals surface area contributed by atoms with Crippen LogP contribution in [-0.4, -0.2) is 73.9 Å². The Morgan fingerprint density at radius 3 is 2.38 bits per heavy atom. The second kappa shape index (κ2) is 11.4. The summed E-state index contributed by atoms with van der Waals surface area (Å²) in [6.07, 6.45) is 3.28. The number of benzene rings is 2. The van der Waals surface area contributed by atoms with Gasteiger partial charge in [0.05, 0.1) is 12.4 Å². The molecule has 1 aromatic heterocycles. The molecule has 9 nitrogen and oxygen atoms in total. The Morgan fingerprint density at radius 1 is 1.02 bits per heavy atom. The number of hydrogen-bond donors (Lipinski definition) is 1. The third-order valence-corrected chi connectivity index (χ3v) is 7.40. The van der Waals surface area contributed by atoms with Crippen molar-refractivity contribution in [3.05, 3.63) is 66.0 Å². The zero-order valence-corrected chi connectivity index (χ0v) is 24.8. The molecule has 212 valence electrons. The van der Waals surface area contributed by atoms with Crippen molar-refractivity contribution in [2.24, 2.45) is 16.3 Å². The van der Waals surface area contributed by atoms with Crippen LogP contribution in [0, 0.1) is 11.3 Å². The Kier molecular flexibility index (Phi) is 7.94. The second-order valence-corrected chi connectivity index (χ2v) is 12.4. The number of methoxy groups -OCH3 is 1. The normalized spacial score (nSPS) is 18.2. The van der Waals surface area contributed by atoms with E-state index in [4.69, 9.17) is 9.73 Å². The Hall–Kier alpha value is -3.72. The highest BCUT2D eigenvalue weighted by Gasteiger charge is 2.40. The first-order valence-corrected chi connectivity index (χ1v) is 14.2. The number of aromatic amines is 1. The van der Waals surface area contributed by atoms with Crippen LogP contribution < -0.4 is 0 Å². The molecule has 0 saturated heterocycles. The molecular weight excluding hydrogens is 500 g/mol. The molecule has 2 aliphatic heterocycles. The van der Waals surface area contributed by atoms with Gasteiger partial charge in [0.1, 0.15) is 12.4 Å². The van der Waals surface area contributed by atoms with Gasteiger partial charge in [-0.1, -0.05) is 83.1 Å². The van der Waals surface area contributed by atoms with Gasteiger partial charge in [-0.2, -0.15) is 0 Å². The first-order valence-electron chi connectivity index (χ1n) is 14.2. The van der Waals surface area contributed by atoms with Crippen LogP contribution in [0.5, 0.6) is 0 Å². The van der Waals surface area contributed by atoms with Crippen molar-refractivity contribution in [3.8, 4) is 22.5 Å². The SMILES string of the molecule is COC(C)N1CN(CC(C)C)C=C2C1=NC(CC(C)(C)C)N2Cc1ccc(-c2ccccc2-c2nnn[nH]2)cc1. The first kappa shape index (κ1) is 27.8. The molecule has 0 radical (unpaired) electrons. The Balaban J connectivity index is 1.46. The lowest BCUT2D eigenvalue weighted by Gasteiger charge is -2.41. The summed E-state index contributed by atoms with van der Waals surface area (Å²) in [5, 5.41) is 14.5. The van der Waals surface area contributed by atoms with Crippen LogP contribution in [0.3, 0.4) is 0 Å². The molecule has 2 aliphatic rings. The minimum atomic E-state index is -0.0636. The number of amidine groups is 1. The molecule has 0 aliphatic carbocycles. The van der Waals surface area contributed by atoms with E-state index in [-0.39, 0.29) is 17.8 Å². The molecule has 0 amide bonds. The third kappa shape index (κ3) is 6.04. The Morgan fingerprint density at radius 2 is 1.75 bits per heavy atom. The van der Waals surface area contributed by atoms with Crippen LogP contribution in [0.15, 0.2) is 65.4 Å². The number of aromatic nitrogens is 4. The lowest BCUT2D eigenvalue weighted by Crippen LogP contribution is -2.50. The molecule has 3 aromatic rings. The van der Waals surface area contributed by atoms with Crippen LogP contribution in [0.2, 0.25) is 0 Å². The first-order chi connectivity index (χ1) is 19.1. The number of rotatable bonds is 9. The Bertz CT molecular complexity index is 1340. The smallest absolute Gasteiger partial charge is 0.180 e. The zero-order valence-electron chi connectivity index (χ0n) is 24.8. The molecule has 0 bridgehead atoms. The van der Waals surface area contributed by atoms with Gasteiger partial charge in [-0.25, -0.2) is 10.1 Å². The average molecular weight is 543 g/mol. The van der Waals surface area contributed by atoms with Crippen LogP contribution in [0.25, 0.3) is 22.5 Å². The summed E-state index contributed by atoms with van der Waals surface area (Å²) in [5.74, 6) is 2.25. The summed E-state index contributed by atoms with van der Waals surface area (Å²) in [6.45, 7) is 16.0. The summed E-state index contributed by atoms with van der Waals surface area (Å²) in [6, 6.07) is 17.0. The topological polar surface area (TPSA) is 85.8 Å². The lowest BCUT2D eigenvalue weighted by atomic mass is 9.90. The molecule has 5 rings (SSSR count). The maximum atomic E-state index is 5.79. The Labute approximate surface area is 237 Å². The van der Waals surface area contributed by atoms with E-state index in [0.29, 0.717) is 11.7 Å². The van der Waals surface area contributed by atoms with Crippen molar-refractivity contribution in [2.45, 2.75) is 66.9 Å². The fourth-order valence-electron chi connectivity index (χ4n) is 5.48. The van der Waals surface area contributed by atoms with Gasteiger partial charge in [0.25, 0.3) is 0 Å². The predicted octanol–water partition coefficient (Wildman–Crippen LogP) is 5.58. The van der Waals surface area contributed by atoms with E-state index < -0.39 is 0 Å². The largest absolute Gasteiger partial charge is 0.362 e. The molecule has 40 heavy (non-hydrogen) atoms. The molecule has 3 heterocycles. The number of hydrogen-bond acceptors (Lipinski definition) is 8. The van der Waals surface area contributed by atoms with E-state index in [0.717, 1.165) is 48.7 Å². The molecule has 0 fully saturated rings.